The predicted molar refractivity (Wildman–Crippen MR) is 85.8 cm³/mol. The Balaban J connectivity index is 2.11. The van der Waals surface area contributed by atoms with Gasteiger partial charge in [0.1, 0.15) is 5.82 Å². The van der Waals surface area contributed by atoms with Crippen LogP contribution in [0.25, 0.3) is 5.82 Å². The van der Waals surface area contributed by atoms with Gasteiger partial charge in [0.2, 0.25) is 0 Å². The molecule has 7 heteroatoms. The SMILES string of the molecule is CC(N)Cc1ccc(-n2c(=O)c3c(n(C)c2=O)CCOC3)nc1. The fourth-order valence-corrected chi connectivity index (χ4v) is 2.86. The lowest BCUT2D eigenvalue weighted by Gasteiger charge is -2.20. The smallest absolute Gasteiger partial charge is 0.336 e. The molecule has 1 aliphatic rings. The van der Waals surface area contributed by atoms with Crippen molar-refractivity contribution in [1.29, 1.82) is 0 Å². The predicted octanol–water partition coefficient (Wildman–Crippen LogP) is -0.106. The first-order valence-corrected chi connectivity index (χ1v) is 7.61. The van der Waals surface area contributed by atoms with E-state index in [-0.39, 0.29) is 23.9 Å². The van der Waals surface area contributed by atoms with Crippen LogP contribution in [0.1, 0.15) is 23.7 Å². The lowest BCUT2D eigenvalue weighted by molar-refractivity contribution is 0.106. The number of nitrogens with two attached hydrogens (primary N) is 1. The Morgan fingerprint density at radius 2 is 2.17 bits per heavy atom. The van der Waals surface area contributed by atoms with Gasteiger partial charge in [0.05, 0.1) is 18.8 Å². The van der Waals surface area contributed by atoms with E-state index < -0.39 is 0 Å². The molecule has 3 heterocycles. The highest BCUT2D eigenvalue weighted by Gasteiger charge is 2.21. The number of fused-ring (bicyclic) bond motifs is 1. The highest BCUT2D eigenvalue weighted by molar-refractivity contribution is 5.29. The Labute approximate surface area is 133 Å². The van der Waals surface area contributed by atoms with Gasteiger partial charge in [0, 0.05) is 31.4 Å². The van der Waals surface area contributed by atoms with Crippen molar-refractivity contribution in [2.75, 3.05) is 6.61 Å². The van der Waals surface area contributed by atoms with E-state index in [1.165, 1.54) is 4.57 Å². The molecule has 2 aromatic rings. The Morgan fingerprint density at radius 1 is 1.39 bits per heavy atom. The molecule has 0 bridgehead atoms. The molecule has 0 fully saturated rings. The van der Waals surface area contributed by atoms with Crippen molar-refractivity contribution in [2.24, 2.45) is 12.8 Å². The zero-order chi connectivity index (χ0) is 16.6. The van der Waals surface area contributed by atoms with Gasteiger partial charge in [-0.1, -0.05) is 6.07 Å². The minimum absolute atomic E-state index is 0.0270. The quantitative estimate of drug-likeness (QED) is 0.853. The number of ether oxygens (including phenoxy) is 1. The van der Waals surface area contributed by atoms with Gasteiger partial charge >= 0.3 is 5.69 Å². The molecule has 0 saturated carbocycles. The highest BCUT2D eigenvalue weighted by atomic mass is 16.5. The van der Waals surface area contributed by atoms with Crippen LogP contribution in [-0.2, 0) is 31.2 Å². The molecule has 0 amide bonds. The van der Waals surface area contributed by atoms with Crippen LogP contribution in [-0.4, -0.2) is 26.8 Å². The van der Waals surface area contributed by atoms with Crippen molar-refractivity contribution in [2.45, 2.75) is 32.4 Å². The van der Waals surface area contributed by atoms with Crippen LogP contribution >= 0.6 is 0 Å². The highest BCUT2D eigenvalue weighted by Crippen LogP contribution is 2.12. The van der Waals surface area contributed by atoms with Gasteiger partial charge in [-0.25, -0.2) is 14.3 Å². The Hall–Kier alpha value is -2.25. The van der Waals surface area contributed by atoms with Crippen molar-refractivity contribution in [1.82, 2.24) is 14.1 Å². The van der Waals surface area contributed by atoms with Gasteiger partial charge in [0.15, 0.2) is 0 Å². The molecule has 1 unspecified atom stereocenters. The first-order chi connectivity index (χ1) is 11.0. The summed E-state index contributed by atoms with van der Waals surface area (Å²) in [6.45, 7) is 2.66. The second-order valence-electron chi connectivity index (χ2n) is 5.92. The Bertz CT molecular complexity index is 834. The van der Waals surface area contributed by atoms with Gasteiger partial charge in [0.25, 0.3) is 5.56 Å². The normalized spacial score (nSPS) is 15.3. The van der Waals surface area contributed by atoms with Gasteiger partial charge in [-0.05, 0) is 25.0 Å². The first-order valence-electron chi connectivity index (χ1n) is 7.61. The summed E-state index contributed by atoms with van der Waals surface area (Å²) in [6.07, 6.45) is 2.91. The number of pyridine rings is 1. The van der Waals surface area contributed by atoms with Gasteiger partial charge in [-0.15, -0.1) is 0 Å². The van der Waals surface area contributed by atoms with E-state index in [2.05, 4.69) is 4.98 Å². The zero-order valence-corrected chi connectivity index (χ0v) is 13.3. The molecule has 0 spiro atoms. The number of hydrogen-bond acceptors (Lipinski definition) is 5. The van der Waals surface area contributed by atoms with Crippen LogP contribution in [0.15, 0.2) is 27.9 Å². The van der Waals surface area contributed by atoms with Crippen molar-refractivity contribution >= 4 is 0 Å². The molecule has 1 atom stereocenters. The summed E-state index contributed by atoms with van der Waals surface area (Å²) in [4.78, 5) is 29.5. The van der Waals surface area contributed by atoms with Crippen molar-refractivity contribution in [3.05, 3.63) is 56.0 Å². The average Bonchev–Trinajstić information content (AvgIpc) is 2.54. The van der Waals surface area contributed by atoms with Crippen LogP contribution in [0.3, 0.4) is 0 Å². The largest absolute Gasteiger partial charge is 0.376 e. The third kappa shape index (κ3) is 2.85. The summed E-state index contributed by atoms with van der Waals surface area (Å²) in [6, 6.07) is 3.54. The Kier molecular flexibility index (Phi) is 4.14. The number of nitrogens with zero attached hydrogens (tertiary/aromatic N) is 3. The molecule has 3 rings (SSSR count). The fourth-order valence-electron chi connectivity index (χ4n) is 2.86. The minimum Gasteiger partial charge on any atom is -0.376 e. The molecule has 2 N–H and O–H groups in total. The van der Waals surface area contributed by atoms with E-state index in [1.807, 2.05) is 13.0 Å². The molecular weight excluding hydrogens is 296 g/mol. The summed E-state index contributed by atoms with van der Waals surface area (Å²) >= 11 is 0. The van der Waals surface area contributed by atoms with E-state index in [4.69, 9.17) is 10.5 Å². The fraction of sp³-hybridized carbons (Fsp3) is 0.438. The van der Waals surface area contributed by atoms with Crippen LogP contribution in [0, 0.1) is 0 Å². The number of rotatable bonds is 3. The molecule has 0 radical (unpaired) electrons. The lowest BCUT2D eigenvalue weighted by Crippen LogP contribution is -2.43. The van der Waals surface area contributed by atoms with E-state index in [0.717, 1.165) is 15.8 Å². The monoisotopic (exact) mass is 316 g/mol. The summed E-state index contributed by atoms with van der Waals surface area (Å²) in [7, 11) is 1.67. The molecule has 23 heavy (non-hydrogen) atoms. The van der Waals surface area contributed by atoms with Gasteiger partial charge in [-0.3, -0.25) is 9.36 Å². The molecule has 122 valence electrons. The van der Waals surface area contributed by atoms with Crippen molar-refractivity contribution in [3.8, 4) is 5.82 Å². The average molecular weight is 316 g/mol. The molecule has 0 saturated heterocycles. The zero-order valence-electron chi connectivity index (χ0n) is 13.3. The van der Waals surface area contributed by atoms with Crippen molar-refractivity contribution < 1.29 is 4.74 Å². The molecule has 2 aromatic heterocycles. The molecule has 7 nitrogen and oxygen atoms in total. The standard InChI is InChI=1S/C16H20N4O3/c1-10(17)7-11-3-4-14(18-8-11)20-15(21)12-9-23-6-5-13(12)19(2)16(20)22/h3-4,8,10H,5-7,9,17H2,1-2H3. The van der Waals surface area contributed by atoms with Crippen molar-refractivity contribution in [3.63, 3.8) is 0 Å². The topological polar surface area (TPSA) is 92.1 Å². The molecule has 0 aromatic carbocycles. The number of aromatic nitrogens is 3. The van der Waals surface area contributed by atoms with E-state index in [1.54, 1.807) is 19.3 Å². The third-order valence-electron chi connectivity index (χ3n) is 4.02. The summed E-state index contributed by atoms with van der Waals surface area (Å²) in [5, 5.41) is 0. The van der Waals surface area contributed by atoms with E-state index in [9.17, 15) is 9.59 Å². The second kappa shape index (κ2) is 6.10. The number of hydrogen-bond donors (Lipinski definition) is 1. The first kappa shape index (κ1) is 15.6. The summed E-state index contributed by atoms with van der Waals surface area (Å²) in [5.74, 6) is 0.317. The second-order valence-corrected chi connectivity index (χ2v) is 5.92. The minimum atomic E-state index is -0.386. The maximum Gasteiger partial charge on any atom is 0.336 e. The molecular formula is C16H20N4O3. The summed E-state index contributed by atoms with van der Waals surface area (Å²) in [5.41, 5.74) is 7.27. The van der Waals surface area contributed by atoms with Crippen LogP contribution in [0.2, 0.25) is 0 Å². The Morgan fingerprint density at radius 3 is 2.83 bits per heavy atom. The maximum absolute atomic E-state index is 12.7. The van der Waals surface area contributed by atoms with Gasteiger partial charge in [-0.2, -0.15) is 0 Å². The molecule has 1 aliphatic heterocycles. The van der Waals surface area contributed by atoms with E-state index >= 15 is 0 Å². The molecule has 0 aliphatic carbocycles. The van der Waals surface area contributed by atoms with E-state index in [0.29, 0.717) is 30.8 Å². The van der Waals surface area contributed by atoms with Gasteiger partial charge < -0.3 is 10.5 Å². The van der Waals surface area contributed by atoms with Crippen LogP contribution in [0.5, 0.6) is 0 Å². The maximum atomic E-state index is 12.7. The van der Waals surface area contributed by atoms with Crippen LogP contribution < -0.4 is 17.0 Å². The lowest BCUT2D eigenvalue weighted by atomic mass is 10.1. The van der Waals surface area contributed by atoms with Crippen LogP contribution in [0.4, 0.5) is 0 Å². The third-order valence-corrected chi connectivity index (χ3v) is 4.02. The summed E-state index contributed by atoms with van der Waals surface area (Å²) < 4.78 is 7.97.